The summed E-state index contributed by atoms with van der Waals surface area (Å²) in [5, 5.41) is 15.6. The monoisotopic (exact) mass is 420 g/mol. The summed E-state index contributed by atoms with van der Waals surface area (Å²) >= 11 is 17.4. The molecule has 27 heavy (non-hydrogen) atoms. The summed E-state index contributed by atoms with van der Waals surface area (Å²) in [7, 11) is 0. The Hall–Kier alpha value is -2.38. The Kier molecular flexibility index (Phi) is 6.13. The maximum absolute atomic E-state index is 12.3. The standard InChI is InChI=1S/C19H14Cl2N2O3S/c20-15-4-2-1-3-13(15)18(25)23-19(27)22-11-5-7-16(21)14(9-11)17-8-6-12(10-24)26-17/h1-9,24H,10H2,(H2,22,23,25,27). The minimum absolute atomic E-state index is 0.115. The summed E-state index contributed by atoms with van der Waals surface area (Å²) in [5.41, 5.74) is 1.56. The lowest BCUT2D eigenvalue weighted by Crippen LogP contribution is -2.34. The van der Waals surface area contributed by atoms with Gasteiger partial charge in [-0.25, -0.2) is 0 Å². The number of carbonyl (C=O) groups excluding carboxylic acids is 1. The van der Waals surface area contributed by atoms with Gasteiger partial charge in [0.05, 0.1) is 15.6 Å². The van der Waals surface area contributed by atoms with Crippen LogP contribution in [0.1, 0.15) is 16.1 Å². The molecule has 0 saturated carbocycles. The summed E-state index contributed by atoms with van der Waals surface area (Å²) in [5.74, 6) is 0.534. The fourth-order valence-electron chi connectivity index (χ4n) is 2.38. The molecule has 1 heterocycles. The van der Waals surface area contributed by atoms with Gasteiger partial charge in [-0.15, -0.1) is 0 Å². The van der Waals surface area contributed by atoms with Gasteiger partial charge in [0.1, 0.15) is 18.1 Å². The molecule has 3 rings (SSSR count). The van der Waals surface area contributed by atoms with Crippen LogP contribution in [0, 0.1) is 0 Å². The first-order valence-corrected chi connectivity index (χ1v) is 9.00. The van der Waals surface area contributed by atoms with Gasteiger partial charge in [0.2, 0.25) is 0 Å². The van der Waals surface area contributed by atoms with E-state index >= 15 is 0 Å². The fraction of sp³-hybridized carbons (Fsp3) is 0.0526. The molecule has 0 spiro atoms. The van der Waals surface area contributed by atoms with Crippen molar-refractivity contribution < 1.29 is 14.3 Å². The number of hydrogen-bond donors (Lipinski definition) is 3. The quantitative estimate of drug-likeness (QED) is 0.524. The predicted molar refractivity (Wildman–Crippen MR) is 110 cm³/mol. The Bertz CT molecular complexity index is 1000. The molecule has 138 valence electrons. The summed E-state index contributed by atoms with van der Waals surface area (Å²) in [4.78, 5) is 12.3. The molecule has 2 aromatic carbocycles. The van der Waals surface area contributed by atoms with Gasteiger partial charge < -0.3 is 14.8 Å². The van der Waals surface area contributed by atoms with E-state index in [1.165, 1.54) is 0 Å². The highest BCUT2D eigenvalue weighted by molar-refractivity contribution is 7.80. The van der Waals surface area contributed by atoms with Crippen molar-refractivity contribution in [2.24, 2.45) is 0 Å². The van der Waals surface area contributed by atoms with Gasteiger partial charge in [0.25, 0.3) is 5.91 Å². The van der Waals surface area contributed by atoms with Gasteiger partial charge in [-0.1, -0.05) is 35.3 Å². The van der Waals surface area contributed by atoms with E-state index in [9.17, 15) is 4.79 Å². The zero-order valence-electron chi connectivity index (χ0n) is 13.8. The predicted octanol–water partition coefficient (Wildman–Crippen LogP) is 4.87. The average Bonchev–Trinajstić information content (AvgIpc) is 3.12. The number of aliphatic hydroxyl groups excluding tert-OH is 1. The van der Waals surface area contributed by atoms with E-state index in [2.05, 4.69) is 10.6 Å². The molecule has 0 unspecified atom stereocenters. The van der Waals surface area contributed by atoms with Crippen molar-refractivity contribution >= 4 is 52.1 Å². The third-order valence-electron chi connectivity index (χ3n) is 3.65. The van der Waals surface area contributed by atoms with E-state index in [0.717, 1.165) is 0 Å². The van der Waals surface area contributed by atoms with Crippen LogP contribution < -0.4 is 10.6 Å². The molecule has 1 aromatic heterocycles. The molecular formula is C19H14Cl2N2O3S. The van der Waals surface area contributed by atoms with Gasteiger partial charge in [0.15, 0.2) is 5.11 Å². The molecular weight excluding hydrogens is 407 g/mol. The molecule has 0 aliphatic carbocycles. The minimum atomic E-state index is -0.411. The van der Waals surface area contributed by atoms with E-state index in [0.29, 0.717) is 38.4 Å². The largest absolute Gasteiger partial charge is 0.459 e. The third kappa shape index (κ3) is 4.67. The second kappa shape index (κ2) is 8.54. The molecule has 1 amide bonds. The first kappa shape index (κ1) is 19.4. The molecule has 3 aromatic rings. The Morgan fingerprint density at radius 2 is 1.85 bits per heavy atom. The minimum Gasteiger partial charge on any atom is -0.459 e. The highest BCUT2D eigenvalue weighted by Crippen LogP contribution is 2.32. The second-order valence-electron chi connectivity index (χ2n) is 5.51. The Morgan fingerprint density at radius 1 is 1.07 bits per heavy atom. The molecule has 0 aliphatic heterocycles. The Morgan fingerprint density at radius 3 is 2.56 bits per heavy atom. The van der Waals surface area contributed by atoms with Crippen molar-refractivity contribution in [3.63, 3.8) is 0 Å². The zero-order chi connectivity index (χ0) is 19.4. The van der Waals surface area contributed by atoms with Crippen molar-refractivity contribution in [1.82, 2.24) is 5.32 Å². The number of carbonyl (C=O) groups is 1. The molecule has 8 heteroatoms. The molecule has 0 bridgehead atoms. The van der Waals surface area contributed by atoms with Gasteiger partial charge in [0, 0.05) is 11.3 Å². The fourth-order valence-corrected chi connectivity index (χ4v) is 3.02. The molecule has 5 nitrogen and oxygen atoms in total. The molecule has 0 fully saturated rings. The molecule has 3 N–H and O–H groups in total. The Balaban J connectivity index is 1.74. The van der Waals surface area contributed by atoms with Gasteiger partial charge in [-0.2, -0.15) is 0 Å². The number of hydrogen-bond acceptors (Lipinski definition) is 4. The normalized spacial score (nSPS) is 10.5. The number of amides is 1. The number of nitrogens with one attached hydrogen (secondary N) is 2. The van der Waals surface area contributed by atoms with Crippen LogP contribution in [-0.4, -0.2) is 16.1 Å². The molecule has 0 atom stereocenters. The number of aliphatic hydroxyl groups is 1. The number of furan rings is 1. The lowest BCUT2D eigenvalue weighted by molar-refractivity contribution is 0.0978. The van der Waals surface area contributed by atoms with Crippen LogP contribution in [0.5, 0.6) is 0 Å². The zero-order valence-corrected chi connectivity index (χ0v) is 16.2. The molecule has 0 radical (unpaired) electrons. The molecule has 0 aliphatic rings. The van der Waals surface area contributed by atoms with Crippen molar-refractivity contribution in [1.29, 1.82) is 0 Å². The number of rotatable bonds is 4. The van der Waals surface area contributed by atoms with Gasteiger partial charge in [-0.05, 0) is 54.7 Å². The van der Waals surface area contributed by atoms with Crippen molar-refractivity contribution in [2.75, 3.05) is 5.32 Å². The number of benzene rings is 2. The summed E-state index contributed by atoms with van der Waals surface area (Å²) < 4.78 is 5.52. The summed E-state index contributed by atoms with van der Waals surface area (Å²) in [6.45, 7) is -0.201. The van der Waals surface area contributed by atoms with E-state index in [4.69, 9.17) is 44.9 Å². The average molecular weight is 421 g/mol. The number of halogens is 2. The Labute approximate surface area is 170 Å². The smallest absolute Gasteiger partial charge is 0.258 e. The van der Waals surface area contributed by atoms with Crippen LogP contribution in [0.25, 0.3) is 11.3 Å². The van der Waals surface area contributed by atoms with E-state index in [1.807, 2.05) is 0 Å². The van der Waals surface area contributed by atoms with Crippen LogP contribution in [0.3, 0.4) is 0 Å². The van der Waals surface area contributed by atoms with Crippen LogP contribution in [0.15, 0.2) is 59.0 Å². The second-order valence-corrected chi connectivity index (χ2v) is 6.73. The maximum atomic E-state index is 12.3. The first-order chi connectivity index (χ1) is 13.0. The van der Waals surface area contributed by atoms with Crippen LogP contribution in [0.2, 0.25) is 10.0 Å². The summed E-state index contributed by atoms with van der Waals surface area (Å²) in [6, 6.07) is 15.2. The SMILES string of the molecule is O=C(NC(=S)Nc1ccc(Cl)c(-c2ccc(CO)o2)c1)c1ccccc1Cl. The number of anilines is 1. The topological polar surface area (TPSA) is 74.5 Å². The van der Waals surface area contributed by atoms with Crippen LogP contribution in [0.4, 0.5) is 5.69 Å². The maximum Gasteiger partial charge on any atom is 0.258 e. The van der Waals surface area contributed by atoms with Crippen molar-refractivity contribution in [3.05, 3.63) is 76.0 Å². The third-order valence-corrected chi connectivity index (χ3v) is 4.52. The van der Waals surface area contributed by atoms with E-state index < -0.39 is 5.91 Å². The highest BCUT2D eigenvalue weighted by atomic mass is 35.5. The lowest BCUT2D eigenvalue weighted by Gasteiger charge is -2.11. The van der Waals surface area contributed by atoms with Gasteiger partial charge >= 0.3 is 0 Å². The lowest BCUT2D eigenvalue weighted by atomic mass is 10.1. The van der Waals surface area contributed by atoms with Crippen LogP contribution >= 0.6 is 35.4 Å². The van der Waals surface area contributed by atoms with Crippen molar-refractivity contribution in [2.45, 2.75) is 6.61 Å². The van der Waals surface area contributed by atoms with E-state index in [-0.39, 0.29) is 11.7 Å². The van der Waals surface area contributed by atoms with E-state index in [1.54, 1.807) is 54.6 Å². The highest BCUT2D eigenvalue weighted by Gasteiger charge is 2.13. The van der Waals surface area contributed by atoms with Gasteiger partial charge in [-0.3, -0.25) is 10.1 Å². The first-order valence-electron chi connectivity index (χ1n) is 7.84. The summed E-state index contributed by atoms with van der Waals surface area (Å²) in [6.07, 6.45) is 0. The number of thiocarbonyl (C=S) groups is 1. The molecule has 0 saturated heterocycles. The van der Waals surface area contributed by atoms with Crippen molar-refractivity contribution in [3.8, 4) is 11.3 Å². The van der Waals surface area contributed by atoms with Crippen LogP contribution in [-0.2, 0) is 6.61 Å².